The number of ether oxygens (including phenoxy) is 1. The summed E-state index contributed by atoms with van der Waals surface area (Å²) in [5.74, 6) is 2.23. The number of carbonyl (C=O) groups excluding carboxylic acids is 1. The van der Waals surface area contributed by atoms with Crippen molar-refractivity contribution in [2.45, 2.75) is 91.1 Å². The minimum absolute atomic E-state index is 0.162. The van der Waals surface area contributed by atoms with Crippen molar-refractivity contribution in [1.82, 2.24) is 0 Å². The topological polar surface area (TPSA) is 26.3 Å². The maximum absolute atomic E-state index is 12.0. The summed E-state index contributed by atoms with van der Waals surface area (Å²) in [6, 6.07) is 4.56. The van der Waals surface area contributed by atoms with Crippen LogP contribution < -0.4 is 4.74 Å². The van der Waals surface area contributed by atoms with E-state index in [0.717, 1.165) is 25.0 Å². The lowest BCUT2D eigenvalue weighted by Crippen LogP contribution is -2.45. The van der Waals surface area contributed by atoms with E-state index >= 15 is 0 Å². The Hall–Kier alpha value is -1.57. The Balaban J connectivity index is 2.05. The Morgan fingerprint density at radius 1 is 1.27 bits per heavy atom. The Labute approximate surface area is 159 Å². The summed E-state index contributed by atoms with van der Waals surface area (Å²) in [6.45, 7) is 10.6. The molecule has 2 atom stereocenters. The van der Waals surface area contributed by atoms with E-state index in [9.17, 15) is 4.79 Å². The number of rotatable bonds is 6. The maximum atomic E-state index is 12.0. The number of allylic oxidation sites excluding steroid dienone is 2. The summed E-state index contributed by atoms with van der Waals surface area (Å²) in [5, 5.41) is 0. The van der Waals surface area contributed by atoms with Crippen molar-refractivity contribution in [3.8, 4) is 5.75 Å². The van der Waals surface area contributed by atoms with Crippen LogP contribution in [0.1, 0.15) is 89.3 Å². The molecular formula is C24H34O2. The van der Waals surface area contributed by atoms with E-state index in [1.165, 1.54) is 41.5 Å². The van der Waals surface area contributed by atoms with E-state index in [4.69, 9.17) is 4.74 Å². The normalized spacial score (nSPS) is 23.5. The number of ketones is 1. The van der Waals surface area contributed by atoms with Gasteiger partial charge in [0, 0.05) is 17.9 Å². The van der Waals surface area contributed by atoms with Crippen molar-refractivity contribution in [2.24, 2.45) is 5.92 Å². The molecule has 1 heterocycles. The summed E-state index contributed by atoms with van der Waals surface area (Å²) >= 11 is 0. The first kappa shape index (κ1) is 19.2. The predicted octanol–water partition coefficient (Wildman–Crippen LogP) is 6.16. The number of aryl methyl sites for hydroxylation is 1. The predicted molar refractivity (Wildman–Crippen MR) is 108 cm³/mol. The van der Waals surface area contributed by atoms with Crippen molar-refractivity contribution in [3.63, 3.8) is 0 Å². The van der Waals surface area contributed by atoms with Gasteiger partial charge in [-0.15, -0.1) is 0 Å². The van der Waals surface area contributed by atoms with Crippen LogP contribution in [0.25, 0.3) is 0 Å². The van der Waals surface area contributed by atoms with Crippen LogP contribution in [0.4, 0.5) is 0 Å². The monoisotopic (exact) mass is 354 g/mol. The van der Waals surface area contributed by atoms with Crippen LogP contribution in [-0.2, 0) is 17.6 Å². The van der Waals surface area contributed by atoms with E-state index in [1.54, 1.807) is 6.92 Å². The van der Waals surface area contributed by atoms with Crippen LogP contribution in [0.5, 0.6) is 5.75 Å². The molecule has 1 aromatic rings. The van der Waals surface area contributed by atoms with E-state index in [1.807, 2.05) is 0 Å². The van der Waals surface area contributed by atoms with Gasteiger partial charge in [0.2, 0.25) is 0 Å². The molecule has 0 unspecified atom stereocenters. The van der Waals surface area contributed by atoms with E-state index in [-0.39, 0.29) is 11.4 Å². The van der Waals surface area contributed by atoms with Gasteiger partial charge in [0.25, 0.3) is 0 Å². The summed E-state index contributed by atoms with van der Waals surface area (Å²) in [7, 11) is 0. The van der Waals surface area contributed by atoms with Crippen molar-refractivity contribution in [3.05, 3.63) is 40.5 Å². The number of unbranched alkanes of at least 4 members (excludes halogenated alkanes) is 2. The second-order valence-corrected chi connectivity index (χ2v) is 8.91. The first-order chi connectivity index (χ1) is 12.3. The zero-order chi connectivity index (χ0) is 18.9. The highest BCUT2D eigenvalue weighted by atomic mass is 16.5. The lowest BCUT2D eigenvalue weighted by atomic mass is 9.66. The first-order valence-electron chi connectivity index (χ1n) is 10.3. The molecular weight excluding hydrogens is 320 g/mol. The minimum Gasteiger partial charge on any atom is -0.487 e. The molecule has 142 valence electrons. The fraction of sp³-hybridized carbons (Fsp3) is 0.625. The fourth-order valence-corrected chi connectivity index (χ4v) is 4.89. The molecule has 0 aromatic heterocycles. The van der Waals surface area contributed by atoms with Gasteiger partial charge in [0.05, 0.1) is 0 Å². The third-order valence-electron chi connectivity index (χ3n) is 6.18. The number of fused-ring (bicyclic) bond motifs is 3. The Kier molecular flexibility index (Phi) is 5.60. The molecule has 0 radical (unpaired) electrons. The van der Waals surface area contributed by atoms with Crippen molar-refractivity contribution in [2.75, 3.05) is 0 Å². The molecule has 2 heteroatoms. The van der Waals surface area contributed by atoms with Crippen LogP contribution in [0.3, 0.4) is 0 Å². The second-order valence-electron chi connectivity index (χ2n) is 8.91. The van der Waals surface area contributed by atoms with E-state index < -0.39 is 0 Å². The highest BCUT2D eigenvalue weighted by Gasteiger charge is 2.45. The minimum atomic E-state index is -0.162. The van der Waals surface area contributed by atoms with Crippen molar-refractivity contribution < 1.29 is 9.53 Å². The molecule has 0 N–H and O–H groups in total. The molecule has 1 aliphatic carbocycles. The van der Waals surface area contributed by atoms with Crippen LogP contribution >= 0.6 is 0 Å². The molecule has 1 aromatic carbocycles. The zero-order valence-electron chi connectivity index (χ0n) is 17.2. The average Bonchev–Trinajstić information content (AvgIpc) is 2.53. The van der Waals surface area contributed by atoms with Gasteiger partial charge in [0.15, 0.2) is 0 Å². The summed E-state index contributed by atoms with van der Waals surface area (Å²) in [6.07, 6.45) is 9.81. The molecule has 0 fully saturated rings. The SMILES string of the molecule is CCCCCc1cc(CC(C)=O)c2c(c1)OC(C)(C)[C@@H]1CC=C(C)C[C@@H]21. The largest absolute Gasteiger partial charge is 0.487 e. The van der Waals surface area contributed by atoms with Gasteiger partial charge in [0.1, 0.15) is 17.1 Å². The molecule has 2 aliphatic rings. The second kappa shape index (κ2) is 7.58. The lowest BCUT2D eigenvalue weighted by molar-refractivity contribution is -0.116. The van der Waals surface area contributed by atoms with Gasteiger partial charge in [-0.25, -0.2) is 0 Å². The number of hydrogen-bond acceptors (Lipinski definition) is 2. The summed E-state index contributed by atoms with van der Waals surface area (Å²) in [5.41, 5.74) is 5.16. The summed E-state index contributed by atoms with van der Waals surface area (Å²) < 4.78 is 6.55. The molecule has 0 saturated heterocycles. The Morgan fingerprint density at radius 3 is 2.73 bits per heavy atom. The molecule has 0 saturated carbocycles. The summed E-state index contributed by atoms with van der Waals surface area (Å²) in [4.78, 5) is 12.0. The van der Waals surface area contributed by atoms with Crippen LogP contribution in [0.15, 0.2) is 23.8 Å². The number of benzene rings is 1. The number of carbonyl (C=O) groups is 1. The average molecular weight is 355 g/mol. The van der Waals surface area contributed by atoms with Gasteiger partial charge >= 0.3 is 0 Å². The van der Waals surface area contributed by atoms with Crippen LogP contribution in [0, 0.1) is 5.92 Å². The third-order valence-corrected chi connectivity index (χ3v) is 6.18. The Bertz CT molecular complexity index is 711. The fourth-order valence-electron chi connectivity index (χ4n) is 4.89. The molecule has 2 nitrogen and oxygen atoms in total. The van der Waals surface area contributed by atoms with E-state index in [0.29, 0.717) is 18.3 Å². The van der Waals surface area contributed by atoms with Crippen LogP contribution in [-0.4, -0.2) is 11.4 Å². The van der Waals surface area contributed by atoms with Crippen molar-refractivity contribution in [1.29, 1.82) is 0 Å². The van der Waals surface area contributed by atoms with E-state index in [2.05, 4.69) is 45.9 Å². The van der Waals surface area contributed by atoms with Crippen LogP contribution in [0.2, 0.25) is 0 Å². The smallest absolute Gasteiger partial charge is 0.134 e. The maximum Gasteiger partial charge on any atom is 0.134 e. The standard InChI is InChI=1S/C24H34O2/c1-6-7-8-9-18-14-19(13-17(3)25)23-20-12-16(2)10-11-21(20)24(4,5)26-22(23)15-18/h10,14-15,20-21H,6-9,11-13H2,1-5H3/t20-,21-/m1/s1. The number of Topliss-reactive ketones (excluding diaryl/α,β-unsaturated/α-hetero) is 1. The third kappa shape index (κ3) is 3.89. The highest BCUT2D eigenvalue weighted by Crippen LogP contribution is 2.52. The van der Waals surface area contributed by atoms with Gasteiger partial charge < -0.3 is 4.74 Å². The molecule has 1 aliphatic heterocycles. The Morgan fingerprint density at radius 2 is 2.04 bits per heavy atom. The van der Waals surface area contributed by atoms with Gasteiger partial charge in [-0.3, -0.25) is 4.79 Å². The quantitative estimate of drug-likeness (QED) is 0.451. The zero-order valence-corrected chi connectivity index (χ0v) is 17.2. The molecule has 3 rings (SSSR count). The highest BCUT2D eigenvalue weighted by molar-refractivity contribution is 5.79. The number of hydrogen-bond donors (Lipinski definition) is 0. The van der Waals surface area contributed by atoms with Gasteiger partial charge in [-0.2, -0.15) is 0 Å². The van der Waals surface area contributed by atoms with Crippen molar-refractivity contribution >= 4 is 5.78 Å². The molecule has 0 amide bonds. The first-order valence-corrected chi connectivity index (χ1v) is 10.3. The molecule has 0 spiro atoms. The van der Waals surface area contributed by atoms with Gasteiger partial charge in [-0.1, -0.05) is 37.5 Å². The molecule has 26 heavy (non-hydrogen) atoms. The van der Waals surface area contributed by atoms with Gasteiger partial charge in [-0.05, 0) is 76.5 Å². The molecule has 0 bridgehead atoms. The lowest BCUT2D eigenvalue weighted by Gasteiger charge is -2.47.